The molecule has 0 bridgehead atoms. The quantitative estimate of drug-likeness (QED) is 0.501. The van der Waals surface area contributed by atoms with Crippen LogP contribution in [0.1, 0.15) is 22.6 Å². The summed E-state index contributed by atoms with van der Waals surface area (Å²) < 4.78 is 32.2. The third kappa shape index (κ3) is 3.83. The Kier molecular flexibility index (Phi) is 5.36. The van der Waals surface area contributed by atoms with Crippen LogP contribution in [0, 0.1) is 23.5 Å². The topological polar surface area (TPSA) is 64.3 Å². The highest BCUT2D eigenvalue weighted by Gasteiger charge is 2.28. The molecule has 0 saturated carbocycles. The lowest BCUT2D eigenvalue weighted by atomic mass is 9.98. The van der Waals surface area contributed by atoms with E-state index in [1.54, 1.807) is 0 Å². The number of alkyl carbamates (subject to hydrolysis) is 1. The number of nitrogens with one attached hydrogen (secondary N) is 1. The van der Waals surface area contributed by atoms with Crippen molar-refractivity contribution in [2.75, 3.05) is 18.9 Å². The minimum Gasteiger partial charge on any atom is -0.449 e. The average Bonchev–Trinajstić information content (AvgIpc) is 3.07. The average molecular weight is 404 g/mol. The van der Waals surface area contributed by atoms with Gasteiger partial charge in [0, 0.05) is 12.0 Å². The number of fused-ring (bicyclic) bond motifs is 3. The fourth-order valence-corrected chi connectivity index (χ4v) is 3.57. The van der Waals surface area contributed by atoms with Crippen LogP contribution in [0.3, 0.4) is 0 Å². The Labute approximate surface area is 172 Å². The molecular formula is C24H18F2N2O2. The van der Waals surface area contributed by atoms with Gasteiger partial charge in [0.15, 0.2) is 0 Å². The Morgan fingerprint density at radius 3 is 2.30 bits per heavy atom. The number of rotatable bonds is 3. The molecular weight excluding hydrogens is 386 g/mol. The predicted molar refractivity (Wildman–Crippen MR) is 111 cm³/mol. The van der Waals surface area contributed by atoms with Gasteiger partial charge in [0.2, 0.25) is 0 Å². The number of carbonyl (C=O) groups is 1. The predicted octanol–water partition coefficient (Wildman–Crippen LogP) is 4.44. The highest BCUT2D eigenvalue weighted by atomic mass is 19.1. The van der Waals surface area contributed by atoms with Crippen LogP contribution in [0.5, 0.6) is 0 Å². The van der Waals surface area contributed by atoms with E-state index in [0.29, 0.717) is 6.07 Å². The van der Waals surface area contributed by atoms with Gasteiger partial charge in [0.1, 0.15) is 18.2 Å². The molecule has 1 amide bonds. The molecule has 0 saturated heterocycles. The number of nitrogens with two attached hydrogens (primary N) is 1. The minimum atomic E-state index is -0.838. The van der Waals surface area contributed by atoms with Crippen molar-refractivity contribution in [2.45, 2.75) is 5.92 Å². The van der Waals surface area contributed by atoms with E-state index in [1.807, 2.05) is 36.4 Å². The van der Waals surface area contributed by atoms with Gasteiger partial charge in [0.25, 0.3) is 0 Å². The first-order valence-electron chi connectivity index (χ1n) is 9.37. The molecule has 4 rings (SSSR count). The Hall–Kier alpha value is -3.85. The lowest BCUT2D eigenvalue weighted by Gasteiger charge is -2.14. The van der Waals surface area contributed by atoms with Crippen molar-refractivity contribution in [3.63, 3.8) is 0 Å². The molecule has 3 aromatic rings. The Morgan fingerprint density at radius 2 is 1.63 bits per heavy atom. The first-order valence-corrected chi connectivity index (χ1v) is 9.37. The van der Waals surface area contributed by atoms with E-state index >= 15 is 0 Å². The van der Waals surface area contributed by atoms with Gasteiger partial charge < -0.3 is 15.8 Å². The van der Waals surface area contributed by atoms with Gasteiger partial charge in [-0.3, -0.25) is 0 Å². The number of nitrogen functional groups attached to an aromatic ring is 1. The molecule has 0 spiro atoms. The van der Waals surface area contributed by atoms with Crippen LogP contribution < -0.4 is 11.1 Å². The molecule has 3 N–H and O–H groups in total. The second-order valence-electron chi connectivity index (χ2n) is 6.83. The van der Waals surface area contributed by atoms with E-state index in [2.05, 4.69) is 29.3 Å². The third-order valence-electron chi connectivity index (χ3n) is 4.97. The Balaban J connectivity index is 1.36. The SMILES string of the molecule is Nc1cc(C#CCNC(=O)OCC2c3ccccc3-c3ccccc32)c(F)cc1F. The van der Waals surface area contributed by atoms with Crippen molar-refractivity contribution in [1.82, 2.24) is 5.32 Å². The number of hydrogen-bond donors (Lipinski definition) is 2. The molecule has 4 nitrogen and oxygen atoms in total. The number of anilines is 1. The summed E-state index contributed by atoms with van der Waals surface area (Å²) in [5.41, 5.74) is 9.72. The van der Waals surface area contributed by atoms with Gasteiger partial charge in [-0.1, -0.05) is 60.4 Å². The van der Waals surface area contributed by atoms with Crippen molar-refractivity contribution in [2.24, 2.45) is 0 Å². The van der Waals surface area contributed by atoms with E-state index in [9.17, 15) is 13.6 Å². The third-order valence-corrected chi connectivity index (χ3v) is 4.97. The molecule has 1 aliphatic carbocycles. The van der Waals surface area contributed by atoms with Crippen LogP contribution in [0.4, 0.5) is 19.3 Å². The van der Waals surface area contributed by atoms with Crippen LogP contribution in [0.15, 0.2) is 60.7 Å². The molecule has 0 heterocycles. The zero-order chi connectivity index (χ0) is 21.1. The number of ether oxygens (including phenoxy) is 1. The van der Waals surface area contributed by atoms with Gasteiger partial charge in [-0.05, 0) is 28.3 Å². The molecule has 0 radical (unpaired) electrons. The molecule has 3 aromatic carbocycles. The number of halogens is 2. The van der Waals surface area contributed by atoms with E-state index in [4.69, 9.17) is 10.5 Å². The summed E-state index contributed by atoms with van der Waals surface area (Å²) in [6.45, 7) is 0.143. The van der Waals surface area contributed by atoms with Gasteiger partial charge in [-0.25, -0.2) is 13.6 Å². The van der Waals surface area contributed by atoms with Gasteiger partial charge in [-0.15, -0.1) is 0 Å². The van der Waals surface area contributed by atoms with Gasteiger partial charge in [0.05, 0.1) is 17.8 Å². The van der Waals surface area contributed by atoms with Crippen molar-refractivity contribution in [3.8, 4) is 23.0 Å². The standard InChI is InChI=1S/C24H18F2N2O2/c25-21-13-22(26)23(27)12-15(21)6-5-11-28-24(29)30-14-20-18-9-3-1-7-16(18)17-8-2-4-10-19(17)20/h1-4,7-10,12-13,20H,11,14,27H2,(H,28,29). The first kappa shape index (κ1) is 19.5. The highest BCUT2D eigenvalue weighted by Crippen LogP contribution is 2.44. The highest BCUT2D eigenvalue weighted by molar-refractivity contribution is 5.79. The maximum absolute atomic E-state index is 13.6. The second-order valence-corrected chi connectivity index (χ2v) is 6.83. The number of hydrogen-bond acceptors (Lipinski definition) is 3. The van der Waals surface area contributed by atoms with E-state index in [-0.39, 0.29) is 30.3 Å². The number of carbonyl (C=O) groups excluding carboxylic acids is 1. The summed E-state index contributed by atoms with van der Waals surface area (Å²) in [6, 6.07) is 17.9. The summed E-state index contributed by atoms with van der Waals surface area (Å²) in [7, 11) is 0. The number of amides is 1. The first-order chi connectivity index (χ1) is 14.5. The summed E-state index contributed by atoms with van der Waals surface area (Å²) >= 11 is 0. The van der Waals surface area contributed by atoms with Crippen LogP contribution in [-0.2, 0) is 4.74 Å². The van der Waals surface area contributed by atoms with Crippen LogP contribution in [0.2, 0.25) is 0 Å². The van der Waals surface area contributed by atoms with Crippen molar-refractivity contribution >= 4 is 11.8 Å². The molecule has 1 aliphatic rings. The lowest BCUT2D eigenvalue weighted by Crippen LogP contribution is -2.26. The van der Waals surface area contributed by atoms with Crippen LogP contribution in [-0.4, -0.2) is 19.2 Å². The molecule has 0 unspecified atom stereocenters. The normalized spacial score (nSPS) is 11.8. The van der Waals surface area contributed by atoms with Crippen molar-refractivity contribution < 1.29 is 18.3 Å². The van der Waals surface area contributed by atoms with Crippen molar-refractivity contribution in [3.05, 3.63) is 89.0 Å². The van der Waals surface area contributed by atoms with Crippen LogP contribution in [0.25, 0.3) is 11.1 Å². The largest absolute Gasteiger partial charge is 0.449 e. The molecule has 6 heteroatoms. The Morgan fingerprint density at radius 1 is 1.00 bits per heavy atom. The number of benzene rings is 3. The molecule has 0 aliphatic heterocycles. The molecule has 150 valence electrons. The van der Waals surface area contributed by atoms with E-state index < -0.39 is 17.7 Å². The van der Waals surface area contributed by atoms with Gasteiger partial charge in [-0.2, -0.15) is 0 Å². The monoisotopic (exact) mass is 404 g/mol. The molecule has 0 aromatic heterocycles. The summed E-state index contributed by atoms with van der Waals surface area (Å²) in [4.78, 5) is 12.1. The van der Waals surface area contributed by atoms with E-state index in [0.717, 1.165) is 28.3 Å². The molecule has 0 atom stereocenters. The van der Waals surface area contributed by atoms with Crippen molar-refractivity contribution in [1.29, 1.82) is 0 Å². The minimum absolute atomic E-state index is 0.0366. The summed E-state index contributed by atoms with van der Waals surface area (Å²) in [5.74, 6) is 3.43. The van der Waals surface area contributed by atoms with Crippen LogP contribution >= 0.6 is 0 Å². The maximum Gasteiger partial charge on any atom is 0.407 e. The fourth-order valence-electron chi connectivity index (χ4n) is 3.57. The van der Waals surface area contributed by atoms with Gasteiger partial charge >= 0.3 is 6.09 Å². The zero-order valence-electron chi connectivity index (χ0n) is 15.9. The second kappa shape index (κ2) is 8.26. The Bertz CT molecular complexity index is 1140. The summed E-state index contributed by atoms with van der Waals surface area (Å²) in [5, 5.41) is 2.51. The molecule has 30 heavy (non-hydrogen) atoms. The zero-order valence-corrected chi connectivity index (χ0v) is 15.9. The maximum atomic E-state index is 13.6. The summed E-state index contributed by atoms with van der Waals surface area (Å²) in [6.07, 6.45) is -0.620. The molecule has 0 fully saturated rings. The fraction of sp³-hybridized carbons (Fsp3) is 0.125. The smallest absolute Gasteiger partial charge is 0.407 e. The van der Waals surface area contributed by atoms with E-state index in [1.165, 1.54) is 0 Å². The lowest BCUT2D eigenvalue weighted by molar-refractivity contribution is 0.144.